The second-order valence-electron chi connectivity index (χ2n) is 3.75. The summed E-state index contributed by atoms with van der Waals surface area (Å²) in [6, 6.07) is 0. The maximum Gasteiger partial charge on any atom is 0.0697 e. The fourth-order valence-corrected chi connectivity index (χ4v) is 2.41. The Morgan fingerprint density at radius 1 is 1.45 bits per heavy atom. The molecule has 1 N–H and O–H groups in total. The third-order valence-corrected chi connectivity index (χ3v) is 3.26. The lowest BCUT2D eigenvalue weighted by Crippen LogP contribution is -2.52. The van der Waals surface area contributed by atoms with Crippen LogP contribution in [-0.4, -0.2) is 25.8 Å². The molecular weight excluding hydrogens is 162 g/mol. The Hall–Kier alpha value is 0.210. The van der Waals surface area contributed by atoms with E-state index in [4.69, 9.17) is 4.74 Å². The Kier molecular flexibility index (Phi) is 2.47. The van der Waals surface area contributed by atoms with Crippen molar-refractivity contribution in [3.05, 3.63) is 0 Å². The van der Waals surface area contributed by atoms with Crippen LogP contribution < -0.4 is 5.32 Å². The summed E-state index contributed by atoms with van der Waals surface area (Å²) >= 11 is 0. The number of hydrogen-bond acceptors (Lipinski definition) is 2. The average Bonchev–Trinajstić information content (AvgIpc) is 2.30. The van der Waals surface area contributed by atoms with Gasteiger partial charge in [-0.2, -0.15) is 0 Å². The van der Waals surface area contributed by atoms with Gasteiger partial charge in [0.2, 0.25) is 0 Å². The minimum Gasteiger partial charge on any atom is -0.378 e. The highest BCUT2D eigenvalue weighted by Gasteiger charge is 2.52. The van der Waals surface area contributed by atoms with Crippen molar-refractivity contribution in [1.29, 1.82) is 0 Å². The summed E-state index contributed by atoms with van der Waals surface area (Å²) < 4.78 is 5.45. The number of ether oxygens (including phenoxy) is 1. The molecule has 0 aromatic carbocycles. The molecule has 3 heteroatoms. The molecule has 0 aromatic heterocycles. The van der Waals surface area contributed by atoms with Crippen LogP contribution in [0.4, 0.5) is 0 Å². The first-order chi connectivity index (χ1) is 4.76. The molecule has 0 radical (unpaired) electrons. The number of fused-ring (bicyclic) bond motifs is 1. The van der Waals surface area contributed by atoms with Gasteiger partial charge in [-0.05, 0) is 25.8 Å². The largest absolute Gasteiger partial charge is 0.378 e. The Morgan fingerprint density at radius 3 is 2.73 bits per heavy atom. The van der Waals surface area contributed by atoms with Gasteiger partial charge in [0, 0.05) is 19.6 Å². The zero-order chi connectivity index (χ0) is 7.19. The lowest BCUT2D eigenvalue weighted by molar-refractivity contribution is -0.129. The molecule has 11 heavy (non-hydrogen) atoms. The number of hydrogen-bond donors (Lipinski definition) is 1. The van der Waals surface area contributed by atoms with Gasteiger partial charge in [0.15, 0.2) is 0 Å². The first kappa shape index (κ1) is 9.30. The van der Waals surface area contributed by atoms with Crippen molar-refractivity contribution in [2.75, 3.05) is 20.2 Å². The predicted molar refractivity (Wildman–Crippen MR) is 47.1 cm³/mol. The van der Waals surface area contributed by atoms with Gasteiger partial charge >= 0.3 is 0 Å². The normalized spacial score (nSPS) is 47.5. The van der Waals surface area contributed by atoms with Crippen molar-refractivity contribution in [2.45, 2.75) is 18.9 Å². The summed E-state index contributed by atoms with van der Waals surface area (Å²) in [5.74, 6) is 1.70. The fourth-order valence-electron chi connectivity index (χ4n) is 2.41. The Morgan fingerprint density at radius 2 is 2.18 bits per heavy atom. The van der Waals surface area contributed by atoms with Crippen LogP contribution in [0.2, 0.25) is 0 Å². The van der Waals surface area contributed by atoms with E-state index in [9.17, 15) is 0 Å². The molecular formula is C8H16ClNO. The molecule has 1 aliphatic heterocycles. The standard InChI is InChI=1S/C8H15NO.ClH/c1-8(10-2)3-6-4-9-5-7(6)8;/h6-7,9H,3-5H2,1-2H3;1H. The molecule has 2 fully saturated rings. The number of nitrogens with one attached hydrogen (secondary N) is 1. The van der Waals surface area contributed by atoms with Crippen LogP contribution >= 0.6 is 12.4 Å². The van der Waals surface area contributed by atoms with E-state index < -0.39 is 0 Å². The van der Waals surface area contributed by atoms with Crippen LogP contribution in [0.15, 0.2) is 0 Å². The van der Waals surface area contributed by atoms with Crippen LogP contribution in [0.25, 0.3) is 0 Å². The molecule has 2 nitrogen and oxygen atoms in total. The van der Waals surface area contributed by atoms with E-state index in [-0.39, 0.29) is 18.0 Å². The number of halogens is 1. The van der Waals surface area contributed by atoms with Gasteiger partial charge in [0.05, 0.1) is 5.60 Å². The van der Waals surface area contributed by atoms with Crippen molar-refractivity contribution in [3.63, 3.8) is 0 Å². The van der Waals surface area contributed by atoms with Crippen LogP contribution in [0.5, 0.6) is 0 Å². The fraction of sp³-hybridized carbons (Fsp3) is 1.00. The maximum atomic E-state index is 5.45. The molecule has 1 aliphatic carbocycles. The van der Waals surface area contributed by atoms with Crippen LogP contribution in [0.3, 0.4) is 0 Å². The van der Waals surface area contributed by atoms with E-state index in [1.807, 2.05) is 7.11 Å². The van der Waals surface area contributed by atoms with E-state index in [1.165, 1.54) is 13.0 Å². The van der Waals surface area contributed by atoms with Crippen molar-refractivity contribution in [1.82, 2.24) is 5.32 Å². The topological polar surface area (TPSA) is 21.3 Å². The quantitative estimate of drug-likeness (QED) is 0.647. The van der Waals surface area contributed by atoms with Gasteiger partial charge in [0.1, 0.15) is 0 Å². The predicted octanol–water partition coefficient (Wildman–Crippen LogP) is 1.05. The molecule has 2 aliphatic rings. The van der Waals surface area contributed by atoms with E-state index >= 15 is 0 Å². The lowest BCUT2D eigenvalue weighted by atomic mass is 9.64. The molecule has 1 saturated carbocycles. The van der Waals surface area contributed by atoms with E-state index in [2.05, 4.69) is 12.2 Å². The third-order valence-electron chi connectivity index (χ3n) is 3.26. The molecule has 1 heterocycles. The Bertz CT molecular complexity index is 153. The molecule has 3 atom stereocenters. The van der Waals surface area contributed by atoms with Crippen LogP contribution in [0.1, 0.15) is 13.3 Å². The highest BCUT2D eigenvalue weighted by Crippen LogP contribution is 2.47. The van der Waals surface area contributed by atoms with Crippen molar-refractivity contribution in [3.8, 4) is 0 Å². The lowest BCUT2D eigenvalue weighted by Gasteiger charge is -2.48. The van der Waals surface area contributed by atoms with Crippen molar-refractivity contribution < 1.29 is 4.74 Å². The van der Waals surface area contributed by atoms with E-state index in [0.717, 1.165) is 18.4 Å². The first-order valence-corrected chi connectivity index (χ1v) is 4.02. The minimum absolute atomic E-state index is 0. The molecule has 1 saturated heterocycles. The molecule has 66 valence electrons. The second kappa shape index (κ2) is 2.92. The molecule has 0 aromatic rings. The summed E-state index contributed by atoms with van der Waals surface area (Å²) in [4.78, 5) is 0. The summed E-state index contributed by atoms with van der Waals surface area (Å²) in [6.45, 7) is 4.60. The summed E-state index contributed by atoms with van der Waals surface area (Å²) in [5.41, 5.74) is 0.203. The number of rotatable bonds is 1. The first-order valence-electron chi connectivity index (χ1n) is 4.02. The molecule has 2 rings (SSSR count). The van der Waals surface area contributed by atoms with Gasteiger partial charge in [-0.1, -0.05) is 0 Å². The summed E-state index contributed by atoms with van der Waals surface area (Å²) in [6.07, 6.45) is 1.25. The smallest absolute Gasteiger partial charge is 0.0697 e. The minimum atomic E-state index is 0. The van der Waals surface area contributed by atoms with Crippen LogP contribution in [0, 0.1) is 11.8 Å². The molecule has 0 spiro atoms. The second-order valence-corrected chi connectivity index (χ2v) is 3.75. The third kappa shape index (κ3) is 1.17. The van der Waals surface area contributed by atoms with Gasteiger partial charge < -0.3 is 10.1 Å². The monoisotopic (exact) mass is 177 g/mol. The zero-order valence-electron chi connectivity index (χ0n) is 7.09. The maximum absolute atomic E-state index is 5.45. The van der Waals surface area contributed by atoms with Crippen molar-refractivity contribution >= 4 is 12.4 Å². The average molecular weight is 178 g/mol. The summed E-state index contributed by atoms with van der Waals surface area (Å²) in [5, 5.41) is 3.39. The SMILES string of the molecule is COC1(C)CC2CNCC21.Cl. The van der Waals surface area contributed by atoms with Gasteiger partial charge in [-0.15, -0.1) is 12.4 Å². The number of methoxy groups -OCH3 is 1. The zero-order valence-corrected chi connectivity index (χ0v) is 7.91. The van der Waals surface area contributed by atoms with Gasteiger partial charge in [-0.25, -0.2) is 0 Å². The molecule has 3 unspecified atom stereocenters. The Labute approximate surface area is 74.1 Å². The van der Waals surface area contributed by atoms with E-state index in [0.29, 0.717) is 0 Å². The van der Waals surface area contributed by atoms with Crippen LogP contribution in [-0.2, 0) is 4.74 Å². The van der Waals surface area contributed by atoms with Gasteiger partial charge in [0.25, 0.3) is 0 Å². The van der Waals surface area contributed by atoms with E-state index in [1.54, 1.807) is 0 Å². The summed E-state index contributed by atoms with van der Waals surface area (Å²) in [7, 11) is 1.83. The highest BCUT2D eigenvalue weighted by atomic mass is 35.5. The van der Waals surface area contributed by atoms with Crippen molar-refractivity contribution in [2.24, 2.45) is 11.8 Å². The van der Waals surface area contributed by atoms with Gasteiger partial charge in [-0.3, -0.25) is 0 Å². The molecule has 0 bridgehead atoms. The Balaban J connectivity index is 0.000000605. The highest BCUT2D eigenvalue weighted by molar-refractivity contribution is 5.85. The molecule has 0 amide bonds.